The van der Waals surface area contributed by atoms with E-state index in [-0.39, 0.29) is 5.56 Å². The van der Waals surface area contributed by atoms with Crippen molar-refractivity contribution in [1.82, 2.24) is 14.8 Å². The quantitative estimate of drug-likeness (QED) is 0.743. The summed E-state index contributed by atoms with van der Waals surface area (Å²) in [5, 5.41) is 13.8. The number of hydrogen-bond acceptors (Lipinski definition) is 3. The van der Waals surface area contributed by atoms with E-state index in [4.69, 9.17) is 5.11 Å². The molecule has 88 valence electrons. The van der Waals surface area contributed by atoms with Crippen LogP contribution in [0.4, 0.5) is 0 Å². The van der Waals surface area contributed by atoms with Crippen LogP contribution in [0.5, 0.6) is 0 Å². The van der Waals surface area contributed by atoms with Crippen molar-refractivity contribution >= 4 is 17.0 Å². The zero-order valence-electron chi connectivity index (χ0n) is 9.32. The van der Waals surface area contributed by atoms with Crippen molar-refractivity contribution in [3.8, 4) is 5.69 Å². The van der Waals surface area contributed by atoms with Crippen molar-refractivity contribution in [3.63, 3.8) is 0 Å². The van der Waals surface area contributed by atoms with Gasteiger partial charge in [-0.15, -0.1) is 0 Å². The van der Waals surface area contributed by atoms with Gasteiger partial charge in [-0.3, -0.25) is 0 Å². The van der Waals surface area contributed by atoms with Crippen molar-refractivity contribution in [1.29, 1.82) is 0 Å². The minimum Gasteiger partial charge on any atom is -0.478 e. The van der Waals surface area contributed by atoms with Gasteiger partial charge >= 0.3 is 5.97 Å². The van der Waals surface area contributed by atoms with E-state index >= 15 is 0 Å². The number of pyridine rings is 1. The summed E-state index contributed by atoms with van der Waals surface area (Å²) >= 11 is 0. The first-order valence-corrected chi connectivity index (χ1v) is 5.38. The summed E-state index contributed by atoms with van der Waals surface area (Å²) in [6.45, 7) is 0. The van der Waals surface area contributed by atoms with Gasteiger partial charge in [0.1, 0.15) is 0 Å². The van der Waals surface area contributed by atoms with Gasteiger partial charge in [-0.1, -0.05) is 18.2 Å². The zero-order valence-corrected chi connectivity index (χ0v) is 9.32. The molecule has 3 rings (SSSR count). The van der Waals surface area contributed by atoms with Crippen LogP contribution in [0, 0.1) is 0 Å². The molecule has 0 radical (unpaired) electrons. The molecule has 0 fully saturated rings. The number of hydrogen-bond donors (Lipinski definition) is 1. The molecular formula is C13H9N3O2. The van der Waals surface area contributed by atoms with Gasteiger partial charge in [-0.25, -0.2) is 14.5 Å². The number of benzene rings is 1. The van der Waals surface area contributed by atoms with Crippen LogP contribution in [0.1, 0.15) is 10.4 Å². The highest BCUT2D eigenvalue weighted by Gasteiger charge is 2.09. The van der Waals surface area contributed by atoms with E-state index in [1.807, 2.05) is 30.3 Å². The Bertz CT molecular complexity index is 719. The third kappa shape index (κ3) is 1.62. The molecule has 0 unspecified atom stereocenters. The van der Waals surface area contributed by atoms with Gasteiger partial charge in [-0.05, 0) is 18.2 Å². The van der Waals surface area contributed by atoms with Crippen molar-refractivity contribution < 1.29 is 9.90 Å². The normalized spacial score (nSPS) is 10.7. The fourth-order valence-corrected chi connectivity index (χ4v) is 1.80. The van der Waals surface area contributed by atoms with Crippen LogP contribution in [0.15, 0.2) is 48.8 Å². The third-order valence-corrected chi connectivity index (χ3v) is 2.66. The summed E-state index contributed by atoms with van der Waals surface area (Å²) in [7, 11) is 0. The first kappa shape index (κ1) is 10.5. The monoisotopic (exact) mass is 239 g/mol. The fourth-order valence-electron chi connectivity index (χ4n) is 1.80. The SMILES string of the molecule is O=C(O)c1cnc2c(cnn2-c2ccccc2)c1. The van der Waals surface area contributed by atoms with Crippen LogP contribution in [0.2, 0.25) is 0 Å². The molecule has 18 heavy (non-hydrogen) atoms. The van der Waals surface area contributed by atoms with Gasteiger partial charge < -0.3 is 5.11 Å². The predicted octanol–water partition coefficient (Wildman–Crippen LogP) is 2.12. The Balaban J connectivity index is 2.19. The van der Waals surface area contributed by atoms with Crippen LogP contribution in [-0.4, -0.2) is 25.8 Å². The molecule has 1 aromatic carbocycles. The summed E-state index contributed by atoms with van der Waals surface area (Å²) in [4.78, 5) is 15.0. The number of fused-ring (bicyclic) bond motifs is 1. The number of carboxylic acids is 1. The summed E-state index contributed by atoms with van der Waals surface area (Å²) in [6.07, 6.45) is 2.95. The largest absolute Gasteiger partial charge is 0.478 e. The molecule has 0 aliphatic carbocycles. The number of aromatic carboxylic acids is 1. The summed E-state index contributed by atoms with van der Waals surface area (Å²) < 4.78 is 1.68. The molecule has 5 heteroatoms. The van der Waals surface area contributed by atoms with Crippen molar-refractivity contribution in [2.75, 3.05) is 0 Å². The van der Waals surface area contributed by atoms with Crippen LogP contribution in [-0.2, 0) is 0 Å². The number of para-hydroxylation sites is 1. The van der Waals surface area contributed by atoms with E-state index in [0.717, 1.165) is 5.69 Å². The minimum atomic E-state index is -0.989. The molecule has 1 N–H and O–H groups in total. The van der Waals surface area contributed by atoms with E-state index in [1.165, 1.54) is 6.20 Å². The summed E-state index contributed by atoms with van der Waals surface area (Å²) in [6, 6.07) is 11.1. The van der Waals surface area contributed by atoms with Crippen molar-refractivity contribution in [2.24, 2.45) is 0 Å². The van der Waals surface area contributed by atoms with Gasteiger partial charge in [0.15, 0.2) is 5.65 Å². The predicted molar refractivity (Wildman–Crippen MR) is 65.8 cm³/mol. The molecule has 3 aromatic rings. The lowest BCUT2D eigenvalue weighted by molar-refractivity contribution is 0.0696. The van der Waals surface area contributed by atoms with Gasteiger partial charge in [-0.2, -0.15) is 5.10 Å². The number of nitrogens with zero attached hydrogens (tertiary/aromatic N) is 3. The molecule has 0 aliphatic heterocycles. The standard InChI is InChI=1S/C13H9N3O2/c17-13(18)10-6-9-8-15-16(12(9)14-7-10)11-4-2-1-3-5-11/h1-8H,(H,17,18). The Morgan fingerprint density at radius 3 is 2.67 bits per heavy atom. The van der Waals surface area contributed by atoms with Crippen molar-refractivity contribution in [2.45, 2.75) is 0 Å². The van der Waals surface area contributed by atoms with E-state index in [2.05, 4.69) is 10.1 Å². The highest BCUT2D eigenvalue weighted by atomic mass is 16.4. The maximum absolute atomic E-state index is 10.9. The Kier molecular flexibility index (Phi) is 2.30. The van der Waals surface area contributed by atoms with Crippen LogP contribution in [0.3, 0.4) is 0 Å². The molecule has 0 spiro atoms. The smallest absolute Gasteiger partial charge is 0.337 e. The molecule has 2 heterocycles. The van der Waals surface area contributed by atoms with Crippen LogP contribution < -0.4 is 0 Å². The molecule has 0 saturated carbocycles. The van der Waals surface area contributed by atoms with Gasteiger partial charge in [0, 0.05) is 11.6 Å². The topological polar surface area (TPSA) is 68.0 Å². The van der Waals surface area contributed by atoms with E-state index in [1.54, 1.807) is 16.9 Å². The second-order valence-corrected chi connectivity index (χ2v) is 3.83. The average molecular weight is 239 g/mol. The maximum Gasteiger partial charge on any atom is 0.337 e. The lowest BCUT2D eigenvalue weighted by Crippen LogP contribution is -1.99. The molecular weight excluding hydrogens is 230 g/mol. The van der Waals surface area contributed by atoms with Crippen LogP contribution in [0.25, 0.3) is 16.7 Å². The first-order chi connectivity index (χ1) is 8.75. The summed E-state index contributed by atoms with van der Waals surface area (Å²) in [5.74, 6) is -0.989. The Morgan fingerprint density at radius 2 is 1.94 bits per heavy atom. The minimum absolute atomic E-state index is 0.162. The highest BCUT2D eigenvalue weighted by Crippen LogP contribution is 2.17. The summed E-state index contributed by atoms with van der Waals surface area (Å²) in [5.41, 5.74) is 1.70. The number of aromatic nitrogens is 3. The van der Waals surface area contributed by atoms with E-state index in [0.29, 0.717) is 11.0 Å². The van der Waals surface area contributed by atoms with Crippen LogP contribution >= 0.6 is 0 Å². The lowest BCUT2D eigenvalue weighted by atomic mass is 10.2. The number of carboxylic acid groups (broad SMARTS) is 1. The van der Waals surface area contributed by atoms with Crippen molar-refractivity contribution in [3.05, 3.63) is 54.4 Å². The molecule has 0 amide bonds. The lowest BCUT2D eigenvalue weighted by Gasteiger charge is -2.02. The average Bonchev–Trinajstić information content (AvgIpc) is 2.82. The van der Waals surface area contributed by atoms with Gasteiger partial charge in [0.25, 0.3) is 0 Å². The number of rotatable bonds is 2. The fraction of sp³-hybridized carbons (Fsp3) is 0. The maximum atomic E-state index is 10.9. The van der Waals surface area contributed by atoms with E-state index in [9.17, 15) is 4.79 Å². The molecule has 0 saturated heterocycles. The first-order valence-electron chi connectivity index (χ1n) is 5.38. The third-order valence-electron chi connectivity index (χ3n) is 2.66. The molecule has 2 aromatic heterocycles. The van der Waals surface area contributed by atoms with Gasteiger partial charge in [0.2, 0.25) is 0 Å². The second-order valence-electron chi connectivity index (χ2n) is 3.83. The second kappa shape index (κ2) is 3.96. The Hall–Kier alpha value is -2.69. The number of carbonyl (C=O) groups is 1. The molecule has 0 atom stereocenters. The molecule has 0 aliphatic rings. The van der Waals surface area contributed by atoms with Gasteiger partial charge in [0.05, 0.1) is 17.4 Å². The zero-order chi connectivity index (χ0) is 12.5. The molecule has 0 bridgehead atoms. The Morgan fingerprint density at radius 1 is 1.17 bits per heavy atom. The Labute approximate surface area is 102 Å². The highest BCUT2D eigenvalue weighted by molar-refractivity contribution is 5.91. The van der Waals surface area contributed by atoms with E-state index < -0.39 is 5.97 Å². The molecule has 5 nitrogen and oxygen atoms in total.